The highest BCUT2D eigenvalue weighted by atomic mass is 16.5. The summed E-state index contributed by atoms with van der Waals surface area (Å²) in [5.74, 6) is 0.375. The van der Waals surface area contributed by atoms with Gasteiger partial charge in [-0.3, -0.25) is 14.4 Å². The van der Waals surface area contributed by atoms with E-state index in [-0.39, 0.29) is 36.2 Å². The lowest BCUT2D eigenvalue weighted by atomic mass is 10.1. The third-order valence-corrected chi connectivity index (χ3v) is 5.68. The highest BCUT2D eigenvalue weighted by Gasteiger charge is 2.27. The highest BCUT2D eigenvalue weighted by Crippen LogP contribution is 2.23. The van der Waals surface area contributed by atoms with Crippen molar-refractivity contribution in [3.8, 4) is 11.5 Å². The minimum atomic E-state index is -0.354. The number of amides is 2. The smallest absolute Gasteiger partial charge is 0.257 e. The molecule has 0 saturated carbocycles. The first kappa shape index (κ1) is 22.2. The van der Waals surface area contributed by atoms with E-state index in [0.717, 1.165) is 5.56 Å². The number of methoxy groups -OCH3 is 2. The molecule has 0 saturated heterocycles. The first-order valence-electron chi connectivity index (χ1n) is 10.5. The summed E-state index contributed by atoms with van der Waals surface area (Å²) < 4.78 is 17.2. The van der Waals surface area contributed by atoms with Gasteiger partial charge in [0.15, 0.2) is 0 Å². The van der Waals surface area contributed by atoms with Crippen molar-refractivity contribution in [1.82, 2.24) is 14.8 Å². The fraction of sp³-hybridized carbons (Fsp3) is 0.292. The van der Waals surface area contributed by atoms with Crippen LogP contribution >= 0.6 is 0 Å². The van der Waals surface area contributed by atoms with Gasteiger partial charge in [0.05, 0.1) is 26.0 Å². The van der Waals surface area contributed by atoms with Gasteiger partial charge in [-0.25, -0.2) is 0 Å². The summed E-state index contributed by atoms with van der Waals surface area (Å²) in [6, 6.07) is 10.3. The number of furan rings is 1. The van der Waals surface area contributed by atoms with E-state index < -0.39 is 0 Å². The maximum absolute atomic E-state index is 13.2. The lowest BCUT2D eigenvalue weighted by Gasteiger charge is -2.18. The number of carbonyl (C=O) groups is 2. The summed E-state index contributed by atoms with van der Waals surface area (Å²) >= 11 is 0. The number of ether oxygens (including phenoxy) is 2. The summed E-state index contributed by atoms with van der Waals surface area (Å²) in [7, 11) is 3.01. The molecular weight excluding hydrogens is 426 g/mol. The third kappa shape index (κ3) is 4.62. The molecule has 0 bridgehead atoms. The Bertz CT molecular complexity index is 1220. The Morgan fingerprint density at radius 3 is 2.67 bits per heavy atom. The predicted octanol–water partition coefficient (Wildman–Crippen LogP) is 2.09. The van der Waals surface area contributed by atoms with Crippen molar-refractivity contribution in [3.05, 3.63) is 81.7 Å². The molecule has 33 heavy (non-hydrogen) atoms. The lowest BCUT2D eigenvalue weighted by molar-refractivity contribution is 0.0758. The second-order valence-electron chi connectivity index (χ2n) is 7.61. The van der Waals surface area contributed by atoms with E-state index in [2.05, 4.69) is 5.32 Å². The summed E-state index contributed by atoms with van der Waals surface area (Å²) in [4.78, 5) is 40.4. The van der Waals surface area contributed by atoms with Crippen molar-refractivity contribution in [2.24, 2.45) is 0 Å². The lowest BCUT2D eigenvalue weighted by Crippen LogP contribution is -2.34. The van der Waals surface area contributed by atoms with Crippen molar-refractivity contribution in [2.75, 3.05) is 27.3 Å². The Labute approximate surface area is 190 Å². The Kier molecular flexibility index (Phi) is 6.48. The number of aromatic nitrogens is 1. The molecule has 4 rings (SSSR count). The molecule has 0 unspecified atom stereocenters. The fourth-order valence-corrected chi connectivity index (χ4v) is 3.98. The molecule has 1 aliphatic rings. The number of hydrogen-bond donors (Lipinski definition) is 1. The molecule has 0 spiro atoms. The zero-order chi connectivity index (χ0) is 23.4. The van der Waals surface area contributed by atoms with E-state index in [4.69, 9.17) is 13.9 Å². The molecule has 3 aromatic rings. The van der Waals surface area contributed by atoms with E-state index in [1.165, 1.54) is 25.7 Å². The second kappa shape index (κ2) is 9.64. The van der Waals surface area contributed by atoms with Gasteiger partial charge in [-0.1, -0.05) is 12.1 Å². The van der Waals surface area contributed by atoms with Gasteiger partial charge in [0.25, 0.3) is 17.4 Å². The third-order valence-electron chi connectivity index (χ3n) is 5.68. The van der Waals surface area contributed by atoms with E-state index in [9.17, 15) is 14.4 Å². The zero-order valence-corrected chi connectivity index (χ0v) is 18.5. The molecule has 0 fully saturated rings. The van der Waals surface area contributed by atoms with Crippen LogP contribution < -0.4 is 20.3 Å². The van der Waals surface area contributed by atoms with Crippen LogP contribution in [-0.2, 0) is 19.5 Å². The molecule has 0 radical (unpaired) electrons. The first-order chi connectivity index (χ1) is 16.0. The number of carbonyl (C=O) groups excluding carboxylic acids is 2. The second-order valence-corrected chi connectivity index (χ2v) is 7.61. The topological polar surface area (TPSA) is 103 Å². The number of hydrogen-bond acceptors (Lipinski definition) is 6. The van der Waals surface area contributed by atoms with Gasteiger partial charge in [0.1, 0.15) is 23.3 Å². The van der Waals surface area contributed by atoms with Crippen LogP contribution in [0.5, 0.6) is 11.5 Å². The van der Waals surface area contributed by atoms with E-state index in [1.807, 2.05) is 24.3 Å². The first-order valence-corrected chi connectivity index (χ1v) is 10.5. The van der Waals surface area contributed by atoms with Crippen LogP contribution in [0.3, 0.4) is 0 Å². The van der Waals surface area contributed by atoms with E-state index in [1.54, 1.807) is 22.6 Å². The molecule has 0 aliphatic carbocycles. The molecule has 0 atom stereocenters. The Morgan fingerprint density at radius 2 is 1.94 bits per heavy atom. The summed E-state index contributed by atoms with van der Waals surface area (Å²) in [6.07, 6.45) is 3.17. The Morgan fingerprint density at radius 1 is 1.09 bits per heavy atom. The molecular formula is C24H25N3O6. The van der Waals surface area contributed by atoms with Crippen molar-refractivity contribution in [1.29, 1.82) is 0 Å². The summed E-state index contributed by atoms with van der Waals surface area (Å²) in [5, 5.41) is 2.90. The minimum absolute atomic E-state index is 0.180. The van der Waals surface area contributed by atoms with Crippen molar-refractivity contribution in [2.45, 2.75) is 19.5 Å². The van der Waals surface area contributed by atoms with Crippen LogP contribution in [0.15, 0.2) is 58.1 Å². The summed E-state index contributed by atoms with van der Waals surface area (Å²) in [6.45, 7) is 1.25. The molecule has 9 heteroatoms. The molecule has 1 aliphatic heterocycles. The zero-order valence-electron chi connectivity index (χ0n) is 18.5. The molecule has 2 amide bonds. The fourth-order valence-electron chi connectivity index (χ4n) is 3.98. The minimum Gasteiger partial charge on any atom is -0.497 e. The monoisotopic (exact) mass is 451 g/mol. The van der Waals surface area contributed by atoms with E-state index >= 15 is 0 Å². The van der Waals surface area contributed by atoms with Gasteiger partial charge in [-0.2, -0.15) is 0 Å². The highest BCUT2D eigenvalue weighted by molar-refractivity contribution is 5.98. The van der Waals surface area contributed by atoms with Crippen LogP contribution in [0, 0.1) is 0 Å². The SMILES string of the molecule is COc1cccc(CNC(=O)c2c(OC)cc(=O)n3c2CCN(C(=O)c2ccoc2)CC3)c1. The van der Waals surface area contributed by atoms with Crippen LogP contribution in [-0.4, -0.2) is 48.6 Å². The molecule has 2 aromatic heterocycles. The van der Waals surface area contributed by atoms with Gasteiger partial charge in [-0.05, 0) is 23.8 Å². The Balaban J connectivity index is 1.60. The van der Waals surface area contributed by atoms with Crippen molar-refractivity contribution >= 4 is 11.8 Å². The standard InChI is InChI=1S/C24H25N3O6/c1-31-18-5-3-4-16(12-18)14-25-23(29)22-19-6-8-26(24(30)17-7-11-33-15-17)9-10-27(19)21(28)13-20(22)32-2/h3-5,7,11-13,15H,6,8-10,14H2,1-2H3,(H,25,29). The van der Waals surface area contributed by atoms with Gasteiger partial charge in [0, 0.05) is 44.4 Å². The van der Waals surface area contributed by atoms with Crippen molar-refractivity contribution < 1.29 is 23.5 Å². The normalized spacial score (nSPS) is 13.1. The predicted molar refractivity (Wildman–Crippen MR) is 120 cm³/mol. The van der Waals surface area contributed by atoms with Crippen LogP contribution in [0.1, 0.15) is 32.0 Å². The number of pyridine rings is 1. The molecule has 9 nitrogen and oxygen atoms in total. The molecule has 1 aromatic carbocycles. The van der Waals surface area contributed by atoms with Crippen LogP contribution in [0.25, 0.3) is 0 Å². The Hall–Kier alpha value is -4.01. The van der Waals surface area contributed by atoms with Crippen molar-refractivity contribution in [3.63, 3.8) is 0 Å². The van der Waals surface area contributed by atoms with Gasteiger partial charge < -0.3 is 28.7 Å². The molecule has 3 heterocycles. The average Bonchev–Trinajstić information content (AvgIpc) is 3.28. The maximum Gasteiger partial charge on any atom is 0.257 e. The van der Waals surface area contributed by atoms with Crippen LogP contribution in [0.4, 0.5) is 0 Å². The number of rotatable bonds is 6. The number of nitrogens with zero attached hydrogens (tertiary/aromatic N) is 2. The van der Waals surface area contributed by atoms with E-state index in [0.29, 0.717) is 42.1 Å². The number of fused-ring (bicyclic) bond motifs is 1. The average molecular weight is 451 g/mol. The quantitative estimate of drug-likeness (QED) is 0.616. The van der Waals surface area contributed by atoms with Gasteiger partial charge in [0.2, 0.25) is 0 Å². The summed E-state index contributed by atoms with van der Waals surface area (Å²) in [5.41, 5.74) is 1.89. The number of benzene rings is 1. The van der Waals surface area contributed by atoms with Gasteiger partial charge >= 0.3 is 0 Å². The van der Waals surface area contributed by atoms with Gasteiger partial charge in [-0.15, -0.1) is 0 Å². The van der Waals surface area contributed by atoms with Crippen LogP contribution in [0.2, 0.25) is 0 Å². The molecule has 1 N–H and O–H groups in total. The largest absolute Gasteiger partial charge is 0.497 e. The maximum atomic E-state index is 13.2. The molecule has 172 valence electrons. The number of nitrogens with one attached hydrogen (secondary N) is 1.